The molecule has 0 aromatic heterocycles. The average Bonchev–Trinajstić information content (AvgIpc) is 2.47. The summed E-state index contributed by atoms with van der Waals surface area (Å²) >= 11 is 0. The van der Waals surface area contributed by atoms with Crippen LogP contribution in [0.25, 0.3) is 0 Å². The molecule has 2 rings (SSSR count). The highest BCUT2D eigenvalue weighted by Gasteiger charge is 2.27. The smallest absolute Gasteiger partial charge is 0.303 e. The van der Waals surface area contributed by atoms with Crippen molar-refractivity contribution in [1.82, 2.24) is 4.90 Å². The third-order valence-corrected chi connectivity index (χ3v) is 4.43. The van der Waals surface area contributed by atoms with Crippen LogP contribution in [0.1, 0.15) is 49.0 Å². The molecule has 1 fully saturated rings. The van der Waals surface area contributed by atoms with Crippen molar-refractivity contribution in [3.63, 3.8) is 0 Å². The summed E-state index contributed by atoms with van der Waals surface area (Å²) in [5.74, 6) is -0.705. The minimum atomic E-state index is -0.705. The molecule has 1 aromatic carbocycles. The number of rotatable bonds is 6. The number of morpholine rings is 1. The van der Waals surface area contributed by atoms with Crippen molar-refractivity contribution in [2.75, 3.05) is 19.7 Å². The average molecular weight is 342 g/mol. The molecule has 0 amide bonds. The summed E-state index contributed by atoms with van der Waals surface area (Å²) in [7, 11) is 0. The number of hydrogen-bond acceptors (Lipinski definition) is 3. The van der Waals surface area contributed by atoms with E-state index in [-0.39, 0.29) is 24.9 Å². The molecule has 0 bridgehead atoms. The molecule has 4 nitrogen and oxygen atoms in total. The second-order valence-electron chi connectivity index (χ2n) is 6.38. The van der Waals surface area contributed by atoms with Crippen LogP contribution >= 0.6 is 12.4 Å². The molecule has 5 heteroatoms. The lowest BCUT2D eigenvalue weighted by atomic mass is 9.98. The molecule has 0 saturated carbocycles. The number of ether oxygens (including phenoxy) is 1. The van der Waals surface area contributed by atoms with Crippen molar-refractivity contribution in [3.8, 4) is 0 Å². The Bertz CT molecular complexity index is 521. The Morgan fingerprint density at radius 3 is 2.78 bits per heavy atom. The fourth-order valence-corrected chi connectivity index (χ4v) is 3.00. The molecule has 0 spiro atoms. The number of halogens is 1. The van der Waals surface area contributed by atoms with Gasteiger partial charge in [-0.1, -0.05) is 23.8 Å². The summed E-state index contributed by atoms with van der Waals surface area (Å²) in [6.45, 7) is 8.98. The van der Waals surface area contributed by atoms with E-state index in [4.69, 9.17) is 9.84 Å². The zero-order valence-electron chi connectivity index (χ0n) is 14.2. The van der Waals surface area contributed by atoms with E-state index < -0.39 is 5.97 Å². The predicted molar refractivity (Wildman–Crippen MR) is 94.4 cm³/mol. The van der Waals surface area contributed by atoms with Gasteiger partial charge in [0.15, 0.2) is 0 Å². The zero-order chi connectivity index (χ0) is 16.1. The van der Waals surface area contributed by atoms with Crippen LogP contribution in [0.15, 0.2) is 18.2 Å². The quantitative estimate of drug-likeness (QED) is 0.801. The highest BCUT2D eigenvalue weighted by atomic mass is 35.5. The predicted octanol–water partition coefficient (Wildman–Crippen LogP) is 3.74. The molecule has 1 aliphatic rings. The van der Waals surface area contributed by atoms with Crippen LogP contribution in [-0.4, -0.2) is 41.7 Å². The Kier molecular flexibility index (Phi) is 8.03. The van der Waals surface area contributed by atoms with E-state index in [1.807, 2.05) is 0 Å². The molecule has 23 heavy (non-hydrogen) atoms. The first kappa shape index (κ1) is 19.9. The Balaban J connectivity index is 0.00000264. The number of unbranched alkanes of at least 4 members (excludes halogenated alkanes) is 1. The van der Waals surface area contributed by atoms with Gasteiger partial charge >= 0.3 is 5.97 Å². The summed E-state index contributed by atoms with van der Waals surface area (Å²) in [4.78, 5) is 13.0. The maximum Gasteiger partial charge on any atom is 0.303 e. The Morgan fingerprint density at radius 2 is 2.09 bits per heavy atom. The number of nitrogens with zero attached hydrogens (tertiary/aromatic N) is 1. The molecule has 1 N–H and O–H groups in total. The topological polar surface area (TPSA) is 49.8 Å². The SMILES string of the molecule is Cc1ccc(C)c(C2CN(CCCCC(=O)O)C(C)CO2)c1.Cl. The van der Waals surface area contributed by atoms with Gasteiger partial charge in [0.2, 0.25) is 0 Å². The molecule has 2 unspecified atom stereocenters. The van der Waals surface area contributed by atoms with Crippen LogP contribution in [0.5, 0.6) is 0 Å². The van der Waals surface area contributed by atoms with Crippen LogP contribution < -0.4 is 0 Å². The molecular formula is C18H28ClNO3. The van der Waals surface area contributed by atoms with Crippen molar-refractivity contribution >= 4 is 18.4 Å². The third kappa shape index (κ3) is 5.79. The van der Waals surface area contributed by atoms with Crippen LogP contribution in [-0.2, 0) is 9.53 Å². The van der Waals surface area contributed by atoms with Gasteiger partial charge < -0.3 is 9.84 Å². The standard InChI is InChI=1S/C18H27NO3.ClH/c1-13-7-8-14(2)16(10-13)17-11-19(15(3)12-22-17)9-5-4-6-18(20)21;/h7-8,10,15,17H,4-6,9,11-12H2,1-3H3,(H,20,21);1H. The Labute approximate surface area is 145 Å². The number of carboxylic acids is 1. The van der Waals surface area contributed by atoms with Gasteiger partial charge in [-0.25, -0.2) is 0 Å². The maximum absolute atomic E-state index is 10.6. The number of benzene rings is 1. The van der Waals surface area contributed by atoms with E-state index in [2.05, 4.69) is 43.9 Å². The summed E-state index contributed by atoms with van der Waals surface area (Å²) in [6, 6.07) is 6.90. The van der Waals surface area contributed by atoms with Crippen LogP contribution in [0, 0.1) is 13.8 Å². The number of aliphatic carboxylic acids is 1. The Hall–Kier alpha value is -1.10. The normalized spacial score (nSPS) is 21.7. The first-order valence-electron chi connectivity index (χ1n) is 8.12. The number of carboxylic acid groups (broad SMARTS) is 1. The lowest BCUT2D eigenvalue weighted by Gasteiger charge is -2.38. The minimum absolute atomic E-state index is 0. The first-order chi connectivity index (χ1) is 10.5. The van der Waals surface area contributed by atoms with E-state index in [1.54, 1.807) is 0 Å². The molecule has 1 heterocycles. The van der Waals surface area contributed by atoms with Crippen LogP contribution in [0.2, 0.25) is 0 Å². The molecule has 1 aliphatic heterocycles. The fourth-order valence-electron chi connectivity index (χ4n) is 3.00. The van der Waals surface area contributed by atoms with Gasteiger partial charge in [-0.3, -0.25) is 9.69 Å². The first-order valence-corrected chi connectivity index (χ1v) is 8.12. The number of hydrogen-bond donors (Lipinski definition) is 1. The van der Waals surface area contributed by atoms with Crippen molar-refractivity contribution in [3.05, 3.63) is 34.9 Å². The van der Waals surface area contributed by atoms with Gasteiger partial charge in [-0.15, -0.1) is 12.4 Å². The number of aryl methyl sites for hydroxylation is 2. The van der Waals surface area contributed by atoms with Crippen LogP contribution in [0.3, 0.4) is 0 Å². The second-order valence-corrected chi connectivity index (χ2v) is 6.38. The summed E-state index contributed by atoms with van der Waals surface area (Å²) in [5.41, 5.74) is 3.81. The largest absolute Gasteiger partial charge is 0.481 e. The molecule has 2 atom stereocenters. The van der Waals surface area contributed by atoms with E-state index >= 15 is 0 Å². The summed E-state index contributed by atoms with van der Waals surface area (Å²) < 4.78 is 6.05. The molecule has 1 saturated heterocycles. The maximum atomic E-state index is 10.6. The van der Waals surface area contributed by atoms with Crippen molar-refractivity contribution in [2.45, 2.75) is 52.2 Å². The van der Waals surface area contributed by atoms with Crippen molar-refractivity contribution < 1.29 is 14.6 Å². The van der Waals surface area contributed by atoms with Gasteiger partial charge in [0.05, 0.1) is 12.7 Å². The lowest BCUT2D eigenvalue weighted by molar-refractivity contribution is -0.137. The molecular weight excluding hydrogens is 314 g/mol. The van der Waals surface area contributed by atoms with Gasteiger partial charge in [0, 0.05) is 19.0 Å². The molecule has 1 aromatic rings. The molecule has 0 aliphatic carbocycles. The van der Waals surface area contributed by atoms with Gasteiger partial charge in [0.1, 0.15) is 0 Å². The van der Waals surface area contributed by atoms with Crippen molar-refractivity contribution in [1.29, 1.82) is 0 Å². The summed E-state index contributed by atoms with van der Waals surface area (Å²) in [5, 5.41) is 8.72. The highest BCUT2D eigenvalue weighted by molar-refractivity contribution is 5.85. The lowest BCUT2D eigenvalue weighted by Crippen LogP contribution is -2.45. The molecule has 0 radical (unpaired) electrons. The zero-order valence-corrected chi connectivity index (χ0v) is 15.1. The summed E-state index contributed by atoms with van der Waals surface area (Å²) in [6.07, 6.45) is 2.05. The van der Waals surface area contributed by atoms with E-state index in [9.17, 15) is 4.79 Å². The highest BCUT2D eigenvalue weighted by Crippen LogP contribution is 2.28. The Morgan fingerprint density at radius 1 is 1.35 bits per heavy atom. The van der Waals surface area contributed by atoms with Crippen molar-refractivity contribution in [2.24, 2.45) is 0 Å². The monoisotopic (exact) mass is 341 g/mol. The van der Waals surface area contributed by atoms with Gasteiger partial charge in [-0.05, 0) is 51.3 Å². The third-order valence-electron chi connectivity index (χ3n) is 4.43. The minimum Gasteiger partial charge on any atom is -0.481 e. The molecule has 130 valence electrons. The fraction of sp³-hybridized carbons (Fsp3) is 0.611. The van der Waals surface area contributed by atoms with E-state index in [1.165, 1.54) is 16.7 Å². The van der Waals surface area contributed by atoms with Gasteiger partial charge in [-0.2, -0.15) is 0 Å². The van der Waals surface area contributed by atoms with Crippen LogP contribution in [0.4, 0.5) is 0 Å². The number of carbonyl (C=O) groups is 1. The van der Waals surface area contributed by atoms with Gasteiger partial charge in [0.25, 0.3) is 0 Å². The van der Waals surface area contributed by atoms with E-state index in [0.717, 1.165) is 32.5 Å². The van der Waals surface area contributed by atoms with E-state index in [0.29, 0.717) is 6.04 Å². The second kappa shape index (κ2) is 9.26.